The fourth-order valence-electron chi connectivity index (χ4n) is 4.64. The Hall–Kier alpha value is -3.29. The van der Waals surface area contributed by atoms with Crippen molar-refractivity contribution in [1.82, 2.24) is 9.80 Å². The van der Waals surface area contributed by atoms with Crippen LogP contribution in [0.1, 0.15) is 35.5 Å². The van der Waals surface area contributed by atoms with Gasteiger partial charge in [0.2, 0.25) is 0 Å². The number of morpholine rings is 1. The quantitative estimate of drug-likeness (QED) is 0.547. The van der Waals surface area contributed by atoms with Gasteiger partial charge in [0.15, 0.2) is 5.76 Å². The zero-order valence-electron chi connectivity index (χ0n) is 19.6. The topological polar surface area (TPSA) is 64.4 Å². The number of nitrogens with zero attached hydrogens (tertiary/aromatic N) is 2. The minimum atomic E-state index is -0.180. The van der Waals surface area contributed by atoms with E-state index in [1.54, 1.807) is 17.0 Å². The monoisotopic (exact) mass is 462 g/mol. The summed E-state index contributed by atoms with van der Waals surface area (Å²) in [7, 11) is 0. The lowest BCUT2D eigenvalue weighted by Gasteiger charge is -2.35. The lowest BCUT2D eigenvalue weighted by Crippen LogP contribution is -2.44. The summed E-state index contributed by atoms with van der Waals surface area (Å²) < 4.78 is 23.2. The highest BCUT2D eigenvalue weighted by molar-refractivity contribution is 5.91. The van der Waals surface area contributed by atoms with Crippen LogP contribution in [0, 0.1) is 0 Å². The molecule has 0 radical (unpaired) electrons. The van der Waals surface area contributed by atoms with E-state index >= 15 is 0 Å². The number of carbonyl (C=O) groups is 1. The number of benzene rings is 2. The summed E-state index contributed by atoms with van der Waals surface area (Å²) >= 11 is 0. The Morgan fingerprint density at radius 1 is 1.03 bits per heavy atom. The standard InChI is InChI=1S/C27H30N2O5/c1-19-15-28(16-20(2)32-19)17-21-8-9-24-22(14-21)18-29(12-13-31-24)27(30)25-10-11-26(34-25)33-23-6-4-3-5-7-23/h3-11,14,19-20H,12-13,15-18H2,1-2H3/t19-,20+. The van der Waals surface area contributed by atoms with Gasteiger partial charge in [-0.25, -0.2) is 0 Å². The van der Waals surface area contributed by atoms with Gasteiger partial charge in [0.25, 0.3) is 11.9 Å². The van der Waals surface area contributed by atoms with Gasteiger partial charge in [-0.2, -0.15) is 0 Å². The van der Waals surface area contributed by atoms with E-state index in [1.807, 2.05) is 36.4 Å². The summed E-state index contributed by atoms with van der Waals surface area (Å²) in [5.74, 6) is 1.85. The summed E-state index contributed by atoms with van der Waals surface area (Å²) in [6.07, 6.45) is 0.454. The van der Waals surface area contributed by atoms with Crippen molar-refractivity contribution in [3.05, 3.63) is 77.6 Å². The molecule has 3 aromatic rings. The highest BCUT2D eigenvalue weighted by Gasteiger charge is 2.25. The number of rotatable bonds is 5. The second kappa shape index (κ2) is 9.91. The van der Waals surface area contributed by atoms with Crippen molar-refractivity contribution < 1.29 is 23.4 Å². The van der Waals surface area contributed by atoms with Crippen LogP contribution in [-0.4, -0.2) is 54.2 Å². The molecule has 3 heterocycles. The molecular weight excluding hydrogens is 432 g/mol. The van der Waals surface area contributed by atoms with E-state index in [-0.39, 0.29) is 29.8 Å². The first-order chi connectivity index (χ1) is 16.5. The summed E-state index contributed by atoms with van der Waals surface area (Å²) in [6, 6.07) is 19.0. The summed E-state index contributed by atoms with van der Waals surface area (Å²) in [6.45, 7) is 8.28. The molecule has 7 heteroatoms. The number of para-hydroxylation sites is 1. The molecule has 5 rings (SSSR count). The number of furan rings is 1. The lowest BCUT2D eigenvalue weighted by molar-refractivity contribution is -0.0705. The smallest absolute Gasteiger partial charge is 0.290 e. The second-order valence-corrected chi connectivity index (χ2v) is 9.00. The Labute approximate surface area is 199 Å². The molecule has 0 unspecified atom stereocenters. The fraction of sp³-hybridized carbons (Fsp3) is 0.370. The Balaban J connectivity index is 1.27. The van der Waals surface area contributed by atoms with E-state index in [0.29, 0.717) is 25.4 Å². The van der Waals surface area contributed by atoms with Crippen LogP contribution in [0.4, 0.5) is 0 Å². The molecule has 1 saturated heterocycles. The van der Waals surface area contributed by atoms with Gasteiger partial charge in [0, 0.05) is 37.8 Å². The zero-order valence-corrected chi connectivity index (χ0v) is 19.6. The molecule has 0 spiro atoms. The third-order valence-corrected chi connectivity index (χ3v) is 6.05. The van der Waals surface area contributed by atoms with Crippen LogP contribution in [0.15, 0.2) is 65.1 Å². The van der Waals surface area contributed by atoms with E-state index < -0.39 is 0 Å². The van der Waals surface area contributed by atoms with Crippen molar-refractivity contribution in [3.63, 3.8) is 0 Å². The third kappa shape index (κ3) is 5.26. The molecule has 2 aliphatic heterocycles. The average molecular weight is 463 g/mol. The maximum absolute atomic E-state index is 13.2. The van der Waals surface area contributed by atoms with Crippen molar-refractivity contribution in [2.24, 2.45) is 0 Å². The molecule has 178 valence electrons. The molecule has 2 aromatic carbocycles. The van der Waals surface area contributed by atoms with Gasteiger partial charge in [0.1, 0.15) is 18.1 Å². The van der Waals surface area contributed by atoms with E-state index in [0.717, 1.165) is 30.9 Å². The minimum absolute atomic E-state index is 0.180. The highest BCUT2D eigenvalue weighted by Crippen LogP contribution is 2.28. The van der Waals surface area contributed by atoms with E-state index in [1.165, 1.54) is 5.56 Å². The summed E-state index contributed by atoms with van der Waals surface area (Å²) in [4.78, 5) is 17.4. The second-order valence-electron chi connectivity index (χ2n) is 9.00. The van der Waals surface area contributed by atoms with Gasteiger partial charge < -0.3 is 23.5 Å². The predicted octanol–water partition coefficient (Wildman–Crippen LogP) is 4.72. The summed E-state index contributed by atoms with van der Waals surface area (Å²) in [5.41, 5.74) is 2.21. The molecule has 2 atom stereocenters. The van der Waals surface area contributed by atoms with E-state index in [4.69, 9.17) is 18.6 Å². The van der Waals surface area contributed by atoms with Gasteiger partial charge in [-0.15, -0.1) is 0 Å². The van der Waals surface area contributed by atoms with Gasteiger partial charge in [-0.1, -0.05) is 24.3 Å². The zero-order chi connectivity index (χ0) is 23.5. The van der Waals surface area contributed by atoms with E-state index in [2.05, 4.69) is 30.9 Å². The van der Waals surface area contributed by atoms with Crippen LogP contribution in [-0.2, 0) is 17.8 Å². The first-order valence-electron chi connectivity index (χ1n) is 11.8. The molecule has 0 aliphatic carbocycles. The van der Waals surface area contributed by atoms with Crippen molar-refractivity contribution >= 4 is 5.91 Å². The van der Waals surface area contributed by atoms with Crippen LogP contribution in [0.3, 0.4) is 0 Å². The molecule has 1 aromatic heterocycles. The van der Waals surface area contributed by atoms with E-state index in [9.17, 15) is 4.79 Å². The molecular formula is C27H30N2O5. The first kappa shape index (κ1) is 22.5. The van der Waals surface area contributed by atoms with Crippen LogP contribution in [0.25, 0.3) is 0 Å². The molecule has 1 fully saturated rings. The van der Waals surface area contributed by atoms with Gasteiger partial charge in [-0.3, -0.25) is 9.69 Å². The molecule has 0 saturated carbocycles. The Morgan fingerprint density at radius 3 is 2.62 bits per heavy atom. The number of hydrogen-bond donors (Lipinski definition) is 0. The Morgan fingerprint density at radius 2 is 1.82 bits per heavy atom. The SMILES string of the molecule is C[C@@H]1CN(Cc2ccc3c(c2)CN(C(=O)c2ccc(Oc4ccccc4)o2)CCO3)C[C@H](C)O1. The van der Waals surface area contributed by atoms with Gasteiger partial charge in [-0.05, 0) is 49.7 Å². The van der Waals surface area contributed by atoms with Crippen molar-refractivity contribution in [3.8, 4) is 17.4 Å². The number of fused-ring (bicyclic) bond motifs is 1. The predicted molar refractivity (Wildman–Crippen MR) is 127 cm³/mol. The van der Waals surface area contributed by atoms with Crippen LogP contribution < -0.4 is 9.47 Å². The molecule has 1 amide bonds. The number of carbonyl (C=O) groups excluding carboxylic acids is 1. The van der Waals surface area contributed by atoms with Crippen LogP contribution in [0.2, 0.25) is 0 Å². The normalized spacial score (nSPS) is 20.8. The van der Waals surface area contributed by atoms with Crippen molar-refractivity contribution in [2.45, 2.75) is 39.1 Å². The van der Waals surface area contributed by atoms with Crippen LogP contribution in [0.5, 0.6) is 17.4 Å². The largest absolute Gasteiger partial charge is 0.491 e. The Bertz CT molecular complexity index is 1120. The first-order valence-corrected chi connectivity index (χ1v) is 11.8. The highest BCUT2D eigenvalue weighted by atomic mass is 16.6. The third-order valence-electron chi connectivity index (χ3n) is 6.05. The number of ether oxygens (including phenoxy) is 3. The molecule has 0 N–H and O–H groups in total. The lowest BCUT2D eigenvalue weighted by atomic mass is 10.1. The molecule has 2 aliphatic rings. The van der Waals surface area contributed by atoms with Crippen molar-refractivity contribution in [1.29, 1.82) is 0 Å². The summed E-state index contributed by atoms with van der Waals surface area (Å²) in [5, 5.41) is 0. The number of amides is 1. The number of hydrogen-bond acceptors (Lipinski definition) is 6. The van der Waals surface area contributed by atoms with Gasteiger partial charge in [0.05, 0.1) is 18.8 Å². The van der Waals surface area contributed by atoms with Gasteiger partial charge >= 0.3 is 0 Å². The molecule has 0 bridgehead atoms. The van der Waals surface area contributed by atoms with Crippen LogP contribution >= 0.6 is 0 Å². The maximum Gasteiger partial charge on any atom is 0.290 e. The van der Waals surface area contributed by atoms with Crippen molar-refractivity contribution in [2.75, 3.05) is 26.2 Å². The maximum atomic E-state index is 13.2. The molecule has 34 heavy (non-hydrogen) atoms. The minimum Gasteiger partial charge on any atom is -0.491 e. The Kier molecular flexibility index (Phi) is 6.56. The molecule has 7 nitrogen and oxygen atoms in total. The average Bonchev–Trinajstić information content (AvgIpc) is 3.17. The fourth-order valence-corrected chi connectivity index (χ4v) is 4.64.